The number of hydrogen-bond donors (Lipinski definition) is 2. The van der Waals surface area contributed by atoms with E-state index in [1.54, 1.807) is 12.3 Å². The predicted octanol–water partition coefficient (Wildman–Crippen LogP) is 2.20. The number of carbonyl (C=O) groups is 1. The molecule has 2 N–H and O–H groups in total. The van der Waals surface area contributed by atoms with Crippen LogP contribution >= 0.6 is 0 Å². The maximum Gasteiger partial charge on any atom is 0.354 e. The zero-order chi connectivity index (χ0) is 20.7. The van der Waals surface area contributed by atoms with Gasteiger partial charge in [0.1, 0.15) is 11.2 Å². The summed E-state index contributed by atoms with van der Waals surface area (Å²) in [4.78, 5) is 34.8. The number of H-pyrrole nitrogens is 1. The number of rotatable bonds is 4. The monoisotopic (exact) mass is 403 g/mol. The van der Waals surface area contributed by atoms with Crippen molar-refractivity contribution in [3.63, 3.8) is 0 Å². The number of aromatic carboxylic acids is 1. The van der Waals surface area contributed by atoms with Crippen LogP contribution in [0.2, 0.25) is 0 Å². The highest BCUT2D eigenvalue weighted by Crippen LogP contribution is 2.19. The molecule has 1 aliphatic heterocycles. The molecule has 0 atom stereocenters. The largest absolute Gasteiger partial charge is 0.477 e. The molecule has 4 aromatic rings. The Balaban J connectivity index is 1.28. The summed E-state index contributed by atoms with van der Waals surface area (Å²) in [5.74, 6) is -1.01. The third kappa shape index (κ3) is 3.31. The molecule has 0 saturated carbocycles. The minimum Gasteiger partial charge on any atom is -0.477 e. The number of aromatic amines is 1. The minimum atomic E-state index is -1.01. The number of pyridine rings is 1. The van der Waals surface area contributed by atoms with E-state index in [-0.39, 0.29) is 11.3 Å². The summed E-state index contributed by atoms with van der Waals surface area (Å²) in [5.41, 5.74) is 4.55. The molecule has 0 spiro atoms. The van der Waals surface area contributed by atoms with Crippen LogP contribution < -0.4 is 10.5 Å². The van der Waals surface area contributed by atoms with Crippen molar-refractivity contribution in [2.75, 3.05) is 31.1 Å². The average Bonchev–Trinajstić information content (AvgIpc) is 3.25. The molecule has 0 amide bonds. The molecule has 1 saturated heterocycles. The lowest BCUT2D eigenvalue weighted by Crippen LogP contribution is -2.46. The lowest BCUT2D eigenvalue weighted by atomic mass is 10.1. The van der Waals surface area contributed by atoms with Crippen molar-refractivity contribution in [1.82, 2.24) is 19.3 Å². The van der Waals surface area contributed by atoms with Crippen molar-refractivity contribution >= 4 is 28.2 Å². The summed E-state index contributed by atoms with van der Waals surface area (Å²) in [5, 5.41) is 8.98. The van der Waals surface area contributed by atoms with Crippen molar-refractivity contribution in [3.05, 3.63) is 76.5 Å². The topological polar surface area (TPSA) is 93.9 Å². The van der Waals surface area contributed by atoms with Crippen LogP contribution in [0.5, 0.6) is 0 Å². The van der Waals surface area contributed by atoms with Gasteiger partial charge in [0, 0.05) is 38.9 Å². The molecule has 0 radical (unpaired) electrons. The average molecular weight is 403 g/mol. The van der Waals surface area contributed by atoms with Crippen molar-refractivity contribution in [2.45, 2.75) is 6.54 Å². The van der Waals surface area contributed by atoms with Crippen molar-refractivity contribution in [1.29, 1.82) is 0 Å². The van der Waals surface area contributed by atoms with Crippen LogP contribution in [0.4, 0.5) is 5.69 Å². The normalized spacial score (nSPS) is 15.1. The third-order valence-electron chi connectivity index (χ3n) is 5.66. The summed E-state index contributed by atoms with van der Waals surface area (Å²) in [6.07, 6.45) is 3.53. The molecule has 8 nitrogen and oxygen atoms in total. The zero-order valence-corrected chi connectivity index (χ0v) is 16.3. The molecule has 152 valence electrons. The molecule has 1 fully saturated rings. The number of piperazine rings is 1. The van der Waals surface area contributed by atoms with Gasteiger partial charge in [-0.1, -0.05) is 6.07 Å². The number of fused-ring (bicyclic) bond motifs is 3. The Bertz CT molecular complexity index is 1280. The number of hydrogen-bond acceptors (Lipinski definition) is 5. The van der Waals surface area contributed by atoms with Gasteiger partial charge in [0.15, 0.2) is 0 Å². The van der Waals surface area contributed by atoms with E-state index in [9.17, 15) is 9.59 Å². The second-order valence-electron chi connectivity index (χ2n) is 7.54. The van der Waals surface area contributed by atoms with E-state index in [0.717, 1.165) is 55.0 Å². The molecule has 1 aliphatic rings. The molecular weight excluding hydrogens is 382 g/mol. The first kappa shape index (κ1) is 18.4. The number of carboxylic acid groups (broad SMARTS) is 1. The Labute approximate surface area is 172 Å². The fraction of sp³-hybridized carbons (Fsp3) is 0.227. The first-order valence-electron chi connectivity index (χ1n) is 9.87. The highest BCUT2D eigenvalue weighted by atomic mass is 16.4. The highest BCUT2D eigenvalue weighted by molar-refractivity contribution is 5.85. The lowest BCUT2D eigenvalue weighted by molar-refractivity contribution is 0.0690. The van der Waals surface area contributed by atoms with E-state index in [0.29, 0.717) is 5.52 Å². The van der Waals surface area contributed by atoms with Crippen LogP contribution in [0.25, 0.3) is 16.6 Å². The number of benzene rings is 1. The summed E-state index contributed by atoms with van der Waals surface area (Å²) in [6, 6.07) is 13.3. The summed E-state index contributed by atoms with van der Waals surface area (Å²) in [7, 11) is 0. The maximum absolute atomic E-state index is 12.3. The number of nitrogens with zero attached hydrogens (tertiary/aromatic N) is 4. The second kappa shape index (κ2) is 7.31. The van der Waals surface area contributed by atoms with Gasteiger partial charge in [-0.05, 0) is 42.0 Å². The fourth-order valence-electron chi connectivity index (χ4n) is 4.08. The number of carboxylic acids is 1. The van der Waals surface area contributed by atoms with Gasteiger partial charge in [0.25, 0.3) is 5.56 Å². The molecular formula is C22H21N5O3. The smallest absolute Gasteiger partial charge is 0.354 e. The van der Waals surface area contributed by atoms with Gasteiger partial charge in [0.05, 0.1) is 22.9 Å². The number of nitrogens with one attached hydrogen (secondary N) is 1. The molecule has 3 aromatic heterocycles. The van der Waals surface area contributed by atoms with E-state index >= 15 is 0 Å². The van der Waals surface area contributed by atoms with E-state index < -0.39 is 5.97 Å². The first-order chi connectivity index (χ1) is 14.6. The van der Waals surface area contributed by atoms with Gasteiger partial charge >= 0.3 is 5.97 Å². The summed E-state index contributed by atoms with van der Waals surface area (Å²) < 4.78 is 1.92. The molecule has 0 unspecified atom stereocenters. The van der Waals surface area contributed by atoms with E-state index in [1.165, 1.54) is 0 Å². The van der Waals surface area contributed by atoms with Crippen LogP contribution in [0.3, 0.4) is 0 Å². The highest BCUT2D eigenvalue weighted by Gasteiger charge is 2.18. The molecule has 0 bridgehead atoms. The van der Waals surface area contributed by atoms with Crippen molar-refractivity contribution < 1.29 is 9.90 Å². The van der Waals surface area contributed by atoms with E-state index in [1.807, 2.05) is 28.8 Å². The summed E-state index contributed by atoms with van der Waals surface area (Å²) in [6.45, 7) is 4.30. The Kier molecular flexibility index (Phi) is 4.48. The maximum atomic E-state index is 12.3. The molecule has 5 rings (SSSR count). The van der Waals surface area contributed by atoms with Gasteiger partial charge in [0.2, 0.25) is 0 Å². The Hall–Kier alpha value is -3.65. The SMILES string of the molecule is O=C(O)c1ccc(N2CCN(Cc3ccc4c(c3)[nH]c(=O)c3cccn34)CC2)cn1. The quantitative estimate of drug-likeness (QED) is 0.543. The summed E-state index contributed by atoms with van der Waals surface area (Å²) >= 11 is 0. The van der Waals surface area contributed by atoms with Crippen LogP contribution in [-0.4, -0.2) is 56.5 Å². The van der Waals surface area contributed by atoms with Crippen molar-refractivity contribution in [3.8, 4) is 0 Å². The van der Waals surface area contributed by atoms with Crippen LogP contribution in [0.1, 0.15) is 16.1 Å². The Morgan fingerprint density at radius 2 is 1.90 bits per heavy atom. The second-order valence-corrected chi connectivity index (χ2v) is 7.54. The van der Waals surface area contributed by atoms with Crippen LogP contribution in [0.15, 0.2) is 59.7 Å². The van der Waals surface area contributed by atoms with E-state index in [4.69, 9.17) is 5.11 Å². The molecule has 4 heterocycles. The predicted molar refractivity (Wildman–Crippen MR) is 114 cm³/mol. The fourth-order valence-corrected chi connectivity index (χ4v) is 4.08. The zero-order valence-electron chi connectivity index (χ0n) is 16.3. The van der Waals surface area contributed by atoms with Gasteiger partial charge in [-0.25, -0.2) is 9.78 Å². The van der Waals surface area contributed by atoms with Crippen LogP contribution in [-0.2, 0) is 6.54 Å². The Morgan fingerprint density at radius 1 is 1.07 bits per heavy atom. The lowest BCUT2D eigenvalue weighted by Gasteiger charge is -2.36. The van der Waals surface area contributed by atoms with Gasteiger partial charge < -0.3 is 19.4 Å². The number of anilines is 1. The standard InChI is InChI=1S/C22H21N5O3/c28-21-20-2-1-7-27(20)19-6-3-15(12-18(19)24-21)14-25-8-10-26(11-9-25)16-4-5-17(22(29)30)23-13-16/h1-7,12-13H,8-11,14H2,(H,24,28)(H,29,30). The van der Waals surface area contributed by atoms with Gasteiger partial charge in [-0.3, -0.25) is 9.69 Å². The van der Waals surface area contributed by atoms with E-state index in [2.05, 4.69) is 38.0 Å². The molecule has 30 heavy (non-hydrogen) atoms. The van der Waals surface area contributed by atoms with Crippen molar-refractivity contribution in [2.24, 2.45) is 0 Å². The third-order valence-corrected chi connectivity index (χ3v) is 5.66. The Morgan fingerprint density at radius 3 is 2.63 bits per heavy atom. The van der Waals surface area contributed by atoms with Gasteiger partial charge in [-0.15, -0.1) is 0 Å². The first-order valence-corrected chi connectivity index (χ1v) is 9.87. The minimum absolute atomic E-state index is 0.0592. The van der Waals surface area contributed by atoms with Crippen LogP contribution in [0, 0.1) is 0 Å². The molecule has 0 aliphatic carbocycles. The molecule has 8 heteroatoms. The molecule has 1 aromatic carbocycles. The van der Waals surface area contributed by atoms with Gasteiger partial charge in [-0.2, -0.15) is 0 Å². The number of aromatic nitrogens is 3.